The second-order valence-corrected chi connectivity index (χ2v) is 10.7. The minimum Gasteiger partial charge on any atom is -0.399 e. The molecular weight excluding hydrogens is 375 g/mol. The molecule has 2 atom stereocenters. The van der Waals surface area contributed by atoms with Gasteiger partial charge in [0, 0.05) is 12.1 Å². The minimum absolute atomic E-state index is 0.117. The summed E-state index contributed by atoms with van der Waals surface area (Å²) in [6, 6.07) is 5.24. The lowest BCUT2D eigenvalue weighted by Crippen LogP contribution is -2.47. The first-order valence-corrected chi connectivity index (χ1v) is 11.7. The summed E-state index contributed by atoms with van der Waals surface area (Å²) in [5, 5.41) is 3.40. The SMILES string of the molecule is CC[C@@H](NS(=O)(=O)c1ccc(C)c(B2OC(C)(C)C(C)(C)O2)c1)C1CCCN1. The molecule has 2 heterocycles. The molecule has 2 aliphatic rings. The summed E-state index contributed by atoms with van der Waals surface area (Å²) >= 11 is 0. The van der Waals surface area contributed by atoms with E-state index in [0.717, 1.165) is 36.8 Å². The molecule has 1 aromatic rings. The van der Waals surface area contributed by atoms with E-state index in [-0.39, 0.29) is 17.0 Å². The highest BCUT2D eigenvalue weighted by Crippen LogP contribution is 2.36. The molecule has 156 valence electrons. The van der Waals surface area contributed by atoms with Gasteiger partial charge in [0.05, 0.1) is 16.1 Å². The van der Waals surface area contributed by atoms with E-state index in [9.17, 15) is 8.42 Å². The molecular formula is C20H33BN2O4S. The molecule has 0 saturated carbocycles. The second-order valence-electron chi connectivity index (χ2n) is 8.95. The Morgan fingerprint density at radius 3 is 2.43 bits per heavy atom. The molecule has 2 fully saturated rings. The predicted octanol–water partition coefficient (Wildman–Crippen LogP) is 2.10. The first-order valence-electron chi connectivity index (χ1n) is 10.2. The molecule has 6 nitrogen and oxygen atoms in total. The molecule has 0 radical (unpaired) electrons. The van der Waals surface area contributed by atoms with Crippen LogP contribution in [0.4, 0.5) is 0 Å². The van der Waals surface area contributed by atoms with Gasteiger partial charge in [-0.3, -0.25) is 0 Å². The smallest absolute Gasteiger partial charge is 0.399 e. The van der Waals surface area contributed by atoms with Gasteiger partial charge in [0.2, 0.25) is 10.0 Å². The van der Waals surface area contributed by atoms with Crippen LogP contribution in [0.15, 0.2) is 23.1 Å². The van der Waals surface area contributed by atoms with Crippen molar-refractivity contribution in [2.75, 3.05) is 6.54 Å². The molecule has 2 aliphatic heterocycles. The van der Waals surface area contributed by atoms with Crippen LogP contribution in [-0.2, 0) is 19.3 Å². The van der Waals surface area contributed by atoms with Crippen LogP contribution in [0.25, 0.3) is 0 Å². The average Bonchev–Trinajstić information content (AvgIpc) is 3.19. The van der Waals surface area contributed by atoms with Crippen LogP contribution in [0.5, 0.6) is 0 Å². The highest BCUT2D eigenvalue weighted by molar-refractivity contribution is 7.89. The van der Waals surface area contributed by atoms with Gasteiger partial charge < -0.3 is 14.6 Å². The van der Waals surface area contributed by atoms with Crippen LogP contribution in [0.1, 0.15) is 59.4 Å². The number of nitrogens with one attached hydrogen (secondary N) is 2. The van der Waals surface area contributed by atoms with E-state index in [1.807, 2.05) is 47.6 Å². The number of hydrogen-bond donors (Lipinski definition) is 2. The second kappa shape index (κ2) is 7.72. The normalized spacial score (nSPS) is 25.2. The molecule has 0 bridgehead atoms. The summed E-state index contributed by atoms with van der Waals surface area (Å²) in [4.78, 5) is 0.249. The van der Waals surface area contributed by atoms with Crippen molar-refractivity contribution in [1.82, 2.24) is 10.0 Å². The zero-order valence-corrected chi connectivity index (χ0v) is 18.7. The van der Waals surface area contributed by atoms with Crippen LogP contribution < -0.4 is 15.5 Å². The van der Waals surface area contributed by atoms with Crippen LogP contribution in [0.2, 0.25) is 0 Å². The van der Waals surface area contributed by atoms with Crippen molar-refractivity contribution in [3.05, 3.63) is 23.8 Å². The third-order valence-corrected chi connectivity index (χ3v) is 7.89. The summed E-state index contributed by atoms with van der Waals surface area (Å²) < 4.78 is 41.3. The summed E-state index contributed by atoms with van der Waals surface area (Å²) in [5.41, 5.74) is 0.757. The Bertz CT molecular complexity index is 803. The van der Waals surface area contributed by atoms with Crippen molar-refractivity contribution in [2.45, 2.75) is 89.0 Å². The van der Waals surface area contributed by atoms with Gasteiger partial charge in [-0.1, -0.05) is 18.6 Å². The number of rotatable bonds is 6. The van der Waals surface area contributed by atoms with Crippen molar-refractivity contribution in [3.8, 4) is 0 Å². The average molecular weight is 408 g/mol. The van der Waals surface area contributed by atoms with Crippen LogP contribution in [0.3, 0.4) is 0 Å². The maximum atomic E-state index is 13.1. The molecule has 3 rings (SSSR count). The highest BCUT2D eigenvalue weighted by atomic mass is 32.2. The summed E-state index contributed by atoms with van der Waals surface area (Å²) in [6.07, 6.45) is 2.82. The Morgan fingerprint density at radius 1 is 1.25 bits per heavy atom. The Hall–Kier alpha value is -0.925. The van der Waals surface area contributed by atoms with Crippen molar-refractivity contribution in [3.63, 3.8) is 0 Å². The highest BCUT2D eigenvalue weighted by Gasteiger charge is 2.52. The summed E-state index contributed by atoms with van der Waals surface area (Å²) in [6.45, 7) is 12.9. The maximum absolute atomic E-state index is 13.1. The van der Waals surface area contributed by atoms with Gasteiger partial charge in [-0.25, -0.2) is 13.1 Å². The molecule has 0 spiro atoms. The first-order chi connectivity index (χ1) is 13.0. The van der Waals surface area contributed by atoms with Crippen molar-refractivity contribution in [1.29, 1.82) is 0 Å². The van der Waals surface area contributed by atoms with Crippen molar-refractivity contribution >= 4 is 22.6 Å². The van der Waals surface area contributed by atoms with Crippen molar-refractivity contribution < 1.29 is 17.7 Å². The molecule has 1 aromatic carbocycles. The topological polar surface area (TPSA) is 76.7 Å². The molecule has 2 N–H and O–H groups in total. The van der Waals surface area contributed by atoms with Gasteiger partial charge in [0.15, 0.2) is 0 Å². The van der Waals surface area contributed by atoms with E-state index in [0.29, 0.717) is 0 Å². The minimum atomic E-state index is -3.64. The third kappa shape index (κ3) is 4.16. The van der Waals surface area contributed by atoms with Gasteiger partial charge in [-0.15, -0.1) is 0 Å². The fourth-order valence-electron chi connectivity index (χ4n) is 3.78. The third-order valence-electron chi connectivity index (χ3n) is 6.40. The summed E-state index contributed by atoms with van der Waals surface area (Å²) in [5.74, 6) is 0. The number of aryl methyl sites for hydroxylation is 1. The number of sulfonamides is 1. The zero-order valence-electron chi connectivity index (χ0n) is 17.8. The Labute approximate surface area is 170 Å². The lowest BCUT2D eigenvalue weighted by molar-refractivity contribution is 0.00578. The van der Waals surface area contributed by atoms with E-state index in [1.165, 1.54) is 0 Å². The molecule has 0 aliphatic carbocycles. The lowest BCUT2D eigenvalue weighted by atomic mass is 9.76. The van der Waals surface area contributed by atoms with Gasteiger partial charge in [-0.2, -0.15) is 0 Å². The van der Waals surface area contributed by atoms with Gasteiger partial charge >= 0.3 is 7.12 Å². The largest absolute Gasteiger partial charge is 0.495 e. The van der Waals surface area contributed by atoms with E-state index in [2.05, 4.69) is 10.0 Å². The van der Waals surface area contributed by atoms with Crippen LogP contribution in [0, 0.1) is 6.92 Å². The lowest BCUT2D eigenvalue weighted by Gasteiger charge is -2.32. The molecule has 8 heteroatoms. The number of hydrogen-bond acceptors (Lipinski definition) is 5. The van der Waals surface area contributed by atoms with Gasteiger partial charge in [0.25, 0.3) is 0 Å². The van der Waals surface area contributed by atoms with E-state index < -0.39 is 28.3 Å². The fraction of sp³-hybridized carbons (Fsp3) is 0.700. The Balaban J connectivity index is 1.86. The van der Waals surface area contributed by atoms with E-state index >= 15 is 0 Å². The standard InChI is InChI=1S/C20H33BN2O4S/c1-7-17(18-9-8-12-22-18)23-28(24,25)15-11-10-14(2)16(13-15)21-26-19(3,4)20(5,6)27-21/h10-11,13,17-18,22-23H,7-9,12H2,1-6H3/t17-,18?/m1/s1. The van der Waals surface area contributed by atoms with Gasteiger partial charge in [-0.05, 0) is 78.0 Å². The molecule has 1 unspecified atom stereocenters. The van der Waals surface area contributed by atoms with E-state index in [1.54, 1.807) is 12.1 Å². The van der Waals surface area contributed by atoms with Gasteiger partial charge in [0.1, 0.15) is 0 Å². The Kier molecular flexibility index (Phi) is 6.01. The first kappa shape index (κ1) is 21.8. The van der Waals surface area contributed by atoms with Crippen LogP contribution in [-0.4, -0.2) is 45.4 Å². The fourth-order valence-corrected chi connectivity index (χ4v) is 5.18. The Morgan fingerprint density at radius 2 is 1.89 bits per heavy atom. The zero-order chi connectivity index (χ0) is 20.7. The predicted molar refractivity (Wildman–Crippen MR) is 112 cm³/mol. The molecule has 0 aromatic heterocycles. The number of benzene rings is 1. The molecule has 28 heavy (non-hydrogen) atoms. The monoisotopic (exact) mass is 408 g/mol. The maximum Gasteiger partial charge on any atom is 0.495 e. The quantitative estimate of drug-likeness (QED) is 0.706. The summed E-state index contributed by atoms with van der Waals surface area (Å²) in [7, 11) is -4.22. The van der Waals surface area contributed by atoms with Crippen LogP contribution >= 0.6 is 0 Å². The van der Waals surface area contributed by atoms with Crippen molar-refractivity contribution in [2.24, 2.45) is 0 Å². The molecule has 2 saturated heterocycles. The van der Waals surface area contributed by atoms with E-state index in [4.69, 9.17) is 9.31 Å². The molecule has 0 amide bonds.